The molecule has 1 unspecified atom stereocenters. The van der Waals surface area contributed by atoms with Crippen LogP contribution in [0.3, 0.4) is 0 Å². The topological polar surface area (TPSA) is 102 Å². The second-order valence-corrected chi connectivity index (χ2v) is 3.21. The van der Waals surface area contributed by atoms with Gasteiger partial charge in [-0.2, -0.15) is 0 Å². The Morgan fingerprint density at radius 1 is 1.53 bits per heavy atom. The van der Waals surface area contributed by atoms with E-state index in [2.05, 4.69) is 16.8 Å². The molecule has 0 fully saturated rings. The fourth-order valence-corrected chi connectivity index (χ4v) is 0.542. The number of aliphatic carboxylic acids is 1. The smallest absolute Gasteiger partial charge is 0.324 e. The van der Waals surface area contributed by atoms with Crippen LogP contribution in [0.25, 0.3) is 0 Å². The van der Waals surface area contributed by atoms with Crippen LogP contribution in [0, 0.1) is 11.8 Å². The van der Waals surface area contributed by atoms with Crippen LogP contribution in [0.4, 0.5) is 0 Å². The Labute approximate surface area is 90.6 Å². The van der Waals surface area contributed by atoms with Crippen molar-refractivity contribution in [2.45, 2.75) is 33.2 Å². The molecule has 15 heavy (non-hydrogen) atoms. The van der Waals surface area contributed by atoms with Gasteiger partial charge in [0.05, 0.1) is 5.84 Å². The molecular weight excluding hydrogens is 194 g/mol. The monoisotopic (exact) mass is 213 g/mol. The maximum absolute atomic E-state index is 10.6. The van der Waals surface area contributed by atoms with E-state index in [-0.39, 0.29) is 20.4 Å². The van der Waals surface area contributed by atoms with Gasteiger partial charge in [-0.3, -0.25) is 9.79 Å². The first-order chi connectivity index (χ1) is 6.36. The minimum absolute atomic E-state index is 0. The van der Waals surface area contributed by atoms with Gasteiger partial charge in [-0.1, -0.05) is 19.3 Å². The summed E-state index contributed by atoms with van der Waals surface area (Å²) >= 11 is 0. The van der Waals surface area contributed by atoms with Gasteiger partial charge in [-0.05, 0) is 13.8 Å². The lowest BCUT2D eigenvalue weighted by Gasteiger charge is -2.14. The van der Waals surface area contributed by atoms with Crippen LogP contribution in [0.1, 0.15) is 27.7 Å². The first-order valence-corrected chi connectivity index (χ1v) is 4.11. The zero-order valence-corrected chi connectivity index (χ0v) is 8.37. The first kappa shape index (κ1) is 15.9. The molecule has 0 aliphatic heterocycles. The quantitative estimate of drug-likeness (QED) is 0.354. The molecule has 0 spiro atoms. The second kappa shape index (κ2) is 6.85. The van der Waals surface area contributed by atoms with E-state index in [1.807, 2.05) is 0 Å². The SMILES string of the molecule is C.CC(N)=NCC#CCC(C)(N)C(=O)O. The lowest BCUT2D eigenvalue weighted by molar-refractivity contribution is -0.142. The van der Waals surface area contributed by atoms with Crippen LogP contribution < -0.4 is 11.5 Å². The zero-order chi connectivity index (χ0) is 11.2. The van der Waals surface area contributed by atoms with Crippen molar-refractivity contribution in [1.29, 1.82) is 0 Å². The average Bonchev–Trinajstić information content (AvgIpc) is 2.02. The maximum Gasteiger partial charge on any atom is 0.324 e. The molecule has 0 aliphatic rings. The van der Waals surface area contributed by atoms with Crippen molar-refractivity contribution in [1.82, 2.24) is 0 Å². The number of hydrogen-bond donors (Lipinski definition) is 3. The van der Waals surface area contributed by atoms with Crippen molar-refractivity contribution in [3.05, 3.63) is 0 Å². The van der Waals surface area contributed by atoms with Crippen LogP contribution in [0.5, 0.6) is 0 Å². The molecule has 0 aromatic rings. The molecule has 0 aromatic carbocycles. The van der Waals surface area contributed by atoms with Gasteiger partial charge in [-0.25, -0.2) is 0 Å². The van der Waals surface area contributed by atoms with Crippen LogP contribution in [0.2, 0.25) is 0 Å². The van der Waals surface area contributed by atoms with Crippen LogP contribution in [-0.4, -0.2) is 29.0 Å². The lowest BCUT2D eigenvalue weighted by Crippen LogP contribution is -2.44. The van der Waals surface area contributed by atoms with Crippen LogP contribution in [-0.2, 0) is 4.79 Å². The molecule has 1 atom stereocenters. The molecule has 0 amide bonds. The maximum atomic E-state index is 10.6. The summed E-state index contributed by atoms with van der Waals surface area (Å²) in [6.07, 6.45) is 0.0987. The van der Waals surface area contributed by atoms with Gasteiger partial charge in [-0.15, -0.1) is 0 Å². The highest BCUT2D eigenvalue weighted by atomic mass is 16.4. The van der Waals surface area contributed by atoms with E-state index in [4.69, 9.17) is 16.6 Å². The molecule has 0 radical (unpaired) electrons. The molecule has 5 nitrogen and oxygen atoms in total. The van der Waals surface area contributed by atoms with Gasteiger partial charge in [0.1, 0.15) is 12.1 Å². The highest BCUT2D eigenvalue weighted by Crippen LogP contribution is 2.03. The summed E-state index contributed by atoms with van der Waals surface area (Å²) in [4.78, 5) is 14.4. The molecule has 5 N–H and O–H groups in total. The number of carbonyl (C=O) groups is 1. The molecule has 0 rings (SSSR count). The van der Waals surface area contributed by atoms with Crippen molar-refractivity contribution in [3.8, 4) is 11.8 Å². The second-order valence-electron chi connectivity index (χ2n) is 3.21. The van der Waals surface area contributed by atoms with Gasteiger partial charge in [0.2, 0.25) is 0 Å². The molecule has 86 valence electrons. The van der Waals surface area contributed by atoms with Crippen molar-refractivity contribution < 1.29 is 9.90 Å². The Hall–Kier alpha value is -1.54. The molecule has 0 heterocycles. The van der Waals surface area contributed by atoms with Crippen LogP contribution in [0.15, 0.2) is 4.99 Å². The predicted octanol–water partition coefficient (Wildman–Crippen LogP) is 0.195. The standard InChI is InChI=1S/C9H15N3O2.CH4/c1-7(10)12-6-4-3-5-9(2,11)8(13)14;/h5-6,11H2,1-2H3,(H2,10,12)(H,13,14);1H4. The summed E-state index contributed by atoms with van der Waals surface area (Å²) in [5.74, 6) is 4.70. The molecule has 5 heteroatoms. The molecule has 0 saturated heterocycles. The normalized spacial score (nSPS) is 14.2. The Balaban J connectivity index is 0. The number of carboxylic acid groups (broad SMARTS) is 1. The Bertz CT molecular complexity index is 294. The third kappa shape index (κ3) is 7.52. The summed E-state index contributed by atoms with van der Waals surface area (Å²) in [5.41, 5.74) is 9.41. The van der Waals surface area contributed by atoms with Crippen molar-refractivity contribution in [2.24, 2.45) is 16.5 Å². The number of nitrogens with two attached hydrogens (primary N) is 2. The fourth-order valence-electron chi connectivity index (χ4n) is 0.542. The third-order valence-electron chi connectivity index (χ3n) is 1.48. The molecule has 0 aromatic heterocycles. The van der Waals surface area contributed by atoms with Crippen LogP contribution >= 0.6 is 0 Å². The summed E-state index contributed by atoms with van der Waals surface area (Å²) in [6, 6.07) is 0. The van der Waals surface area contributed by atoms with Gasteiger partial charge in [0.25, 0.3) is 0 Å². The van der Waals surface area contributed by atoms with E-state index >= 15 is 0 Å². The van der Waals surface area contributed by atoms with Gasteiger partial charge >= 0.3 is 5.97 Å². The Morgan fingerprint density at radius 3 is 2.47 bits per heavy atom. The van der Waals surface area contributed by atoms with E-state index in [9.17, 15) is 4.79 Å². The third-order valence-corrected chi connectivity index (χ3v) is 1.48. The molecule has 0 aliphatic carbocycles. The average molecular weight is 213 g/mol. The molecular formula is C10H19N3O2. The van der Waals surface area contributed by atoms with Crippen molar-refractivity contribution >= 4 is 11.8 Å². The Kier molecular flexibility index (Phi) is 7.26. The Morgan fingerprint density at radius 2 is 2.07 bits per heavy atom. The fraction of sp³-hybridized carbons (Fsp3) is 0.600. The van der Waals surface area contributed by atoms with E-state index in [1.54, 1.807) is 6.92 Å². The lowest BCUT2D eigenvalue weighted by atomic mass is 10.0. The summed E-state index contributed by atoms with van der Waals surface area (Å²) < 4.78 is 0. The summed E-state index contributed by atoms with van der Waals surface area (Å²) in [7, 11) is 0. The van der Waals surface area contributed by atoms with E-state index in [1.165, 1.54) is 6.92 Å². The summed E-state index contributed by atoms with van der Waals surface area (Å²) in [5, 5.41) is 8.65. The van der Waals surface area contributed by atoms with Crippen molar-refractivity contribution in [2.75, 3.05) is 6.54 Å². The number of hydrogen-bond acceptors (Lipinski definition) is 3. The van der Waals surface area contributed by atoms with E-state index in [0.717, 1.165) is 0 Å². The number of amidine groups is 1. The minimum atomic E-state index is -1.30. The number of aliphatic imine (C=N–C) groups is 1. The van der Waals surface area contributed by atoms with Gasteiger partial charge < -0.3 is 16.6 Å². The summed E-state index contributed by atoms with van der Waals surface area (Å²) in [6.45, 7) is 3.35. The molecule has 0 saturated carbocycles. The first-order valence-electron chi connectivity index (χ1n) is 4.11. The highest BCUT2D eigenvalue weighted by Gasteiger charge is 2.26. The molecule has 0 bridgehead atoms. The van der Waals surface area contributed by atoms with Crippen molar-refractivity contribution in [3.63, 3.8) is 0 Å². The van der Waals surface area contributed by atoms with Gasteiger partial charge in [0.15, 0.2) is 0 Å². The predicted molar refractivity (Wildman–Crippen MR) is 61.5 cm³/mol. The van der Waals surface area contributed by atoms with E-state index in [0.29, 0.717) is 5.84 Å². The largest absolute Gasteiger partial charge is 0.480 e. The van der Waals surface area contributed by atoms with Gasteiger partial charge in [0, 0.05) is 6.42 Å². The zero-order valence-electron chi connectivity index (χ0n) is 8.37. The van der Waals surface area contributed by atoms with E-state index < -0.39 is 11.5 Å². The number of rotatable bonds is 3. The highest BCUT2D eigenvalue weighted by molar-refractivity contribution is 5.78. The minimum Gasteiger partial charge on any atom is -0.480 e. The number of nitrogens with zero attached hydrogens (tertiary/aromatic N) is 1. The number of carboxylic acids is 1.